The van der Waals surface area contributed by atoms with Crippen LogP contribution in [0.1, 0.15) is 44.9 Å². The molecule has 1 heterocycles. The predicted molar refractivity (Wildman–Crippen MR) is 139 cm³/mol. The van der Waals surface area contributed by atoms with Crippen LogP contribution in [0.3, 0.4) is 0 Å². The first-order valence-electron chi connectivity index (χ1n) is 11.9. The number of rotatable bonds is 7. The molecule has 3 aromatic carbocycles. The zero-order valence-electron chi connectivity index (χ0n) is 21.5. The second kappa shape index (κ2) is 10.0. The van der Waals surface area contributed by atoms with Gasteiger partial charge in [-0.05, 0) is 73.5 Å². The van der Waals surface area contributed by atoms with E-state index in [4.69, 9.17) is 9.47 Å². The standard InChI is InChI=1S/C29H32FN3O3/c1-18-14-25-21(17-31-33(25)23-12-10-22(30)11-13-23)16-26(18)36-27(19(2)32-28(34)29(3,4)5)20-8-7-9-24(15-20)35-6/h7-17,19,27H,1-6H3,(H,32,34)/t19-,27-/m0/s1. The number of carbonyl (C=O) groups is 1. The fourth-order valence-corrected chi connectivity index (χ4v) is 3.99. The van der Waals surface area contributed by atoms with Gasteiger partial charge >= 0.3 is 0 Å². The Morgan fingerprint density at radius 2 is 1.81 bits per heavy atom. The van der Waals surface area contributed by atoms with Gasteiger partial charge in [-0.2, -0.15) is 5.10 Å². The van der Waals surface area contributed by atoms with Crippen molar-refractivity contribution in [3.8, 4) is 17.2 Å². The Bertz CT molecular complexity index is 1370. The summed E-state index contributed by atoms with van der Waals surface area (Å²) in [7, 11) is 1.62. The van der Waals surface area contributed by atoms with Gasteiger partial charge in [-0.3, -0.25) is 4.79 Å². The number of fused-ring (bicyclic) bond motifs is 1. The van der Waals surface area contributed by atoms with E-state index in [1.807, 2.05) is 71.0 Å². The second-order valence-electron chi connectivity index (χ2n) is 10.0. The maximum atomic E-state index is 13.4. The summed E-state index contributed by atoms with van der Waals surface area (Å²) in [6.07, 6.45) is 1.30. The van der Waals surface area contributed by atoms with Gasteiger partial charge in [0, 0.05) is 10.8 Å². The fraction of sp³-hybridized carbons (Fsp3) is 0.310. The maximum absolute atomic E-state index is 13.4. The van der Waals surface area contributed by atoms with Crippen molar-refractivity contribution in [1.29, 1.82) is 0 Å². The number of halogens is 1. The Labute approximate surface area is 211 Å². The van der Waals surface area contributed by atoms with Gasteiger partial charge in [-0.1, -0.05) is 32.9 Å². The molecule has 0 saturated carbocycles. The van der Waals surface area contributed by atoms with Crippen molar-refractivity contribution >= 4 is 16.8 Å². The van der Waals surface area contributed by atoms with Gasteiger partial charge in [0.25, 0.3) is 0 Å². The molecule has 0 aliphatic carbocycles. The molecule has 2 atom stereocenters. The Hall–Kier alpha value is -3.87. The zero-order valence-corrected chi connectivity index (χ0v) is 21.5. The van der Waals surface area contributed by atoms with Crippen LogP contribution in [-0.2, 0) is 4.79 Å². The summed E-state index contributed by atoms with van der Waals surface area (Å²) in [4.78, 5) is 12.8. The Morgan fingerprint density at radius 1 is 1.08 bits per heavy atom. The third-order valence-corrected chi connectivity index (χ3v) is 6.11. The van der Waals surface area contributed by atoms with Crippen molar-refractivity contribution in [3.05, 3.63) is 83.8 Å². The first-order valence-corrected chi connectivity index (χ1v) is 11.9. The normalized spacial score (nSPS) is 13.3. The zero-order chi connectivity index (χ0) is 26.0. The number of nitrogens with zero attached hydrogens (tertiary/aromatic N) is 2. The Balaban J connectivity index is 1.70. The molecule has 7 heteroatoms. The van der Waals surface area contributed by atoms with Crippen LogP contribution in [0, 0.1) is 18.2 Å². The quantitative estimate of drug-likeness (QED) is 0.338. The highest BCUT2D eigenvalue weighted by atomic mass is 19.1. The van der Waals surface area contributed by atoms with Crippen molar-refractivity contribution in [3.63, 3.8) is 0 Å². The average Bonchev–Trinajstić information content (AvgIpc) is 3.24. The van der Waals surface area contributed by atoms with Crippen LogP contribution < -0.4 is 14.8 Å². The molecule has 6 nitrogen and oxygen atoms in total. The number of aryl methyl sites for hydroxylation is 1. The highest BCUT2D eigenvalue weighted by molar-refractivity contribution is 5.83. The van der Waals surface area contributed by atoms with Crippen LogP contribution in [0.2, 0.25) is 0 Å². The smallest absolute Gasteiger partial charge is 0.225 e. The van der Waals surface area contributed by atoms with Gasteiger partial charge in [0.2, 0.25) is 5.91 Å². The van der Waals surface area contributed by atoms with E-state index >= 15 is 0 Å². The highest BCUT2D eigenvalue weighted by Crippen LogP contribution is 2.33. The van der Waals surface area contributed by atoms with Gasteiger partial charge in [0.05, 0.1) is 30.6 Å². The van der Waals surface area contributed by atoms with Crippen LogP contribution in [-0.4, -0.2) is 28.8 Å². The summed E-state index contributed by atoms with van der Waals surface area (Å²) in [5.41, 5.74) is 2.92. The minimum Gasteiger partial charge on any atom is -0.497 e. The monoisotopic (exact) mass is 489 g/mol. The van der Waals surface area contributed by atoms with Crippen molar-refractivity contribution < 1.29 is 18.7 Å². The van der Waals surface area contributed by atoms with Crippen LogP contribution in [0.4, 0.5) is 4.39 Å². The first-order chi connectivity index (χ1) is 17.1. The summed E-state index contributed by atoms with van der Waals surface area (Å²) in [5, 5.41) is 8.50. The minimum atomic E-state index is -0.531. The second-order valence-corrected chi connectivity index (χ2v) is 10.0. The maximum Gasteiger partial charge on any atom is 0.225 e. The van der Waals surface area contributed by atoms with E-state index < -0.39 is 11.5 Å². The van der Waals surface area contributed by atoms with Gasteiger partial charge in [0.15, 0.2) is 0 Å². The van der Waals surface area contributed by atoms with Gasteiger partial charge in [-0.15, -0.1) is 0 Å². The van der Waals surface area contributed by atoms with Crippen LogP contribution in [0.15, 0.2) is 66.9 Å². The Morgan fingerprint density at radius 3 is 2.47 bits per heavy atom. The Kier molecular flexibility index (Phi) is 7.02. The minimum absolute atomic E-state index is 0.0563. The average molecular weight is 490 g/mol. The molecule has 0 saturated heterocycles. The molecule has 0 bridgehead atoms. The number of methoxy groups -OCH3 is 1. The van der Waals surface area contributed by atoms with Crippen molar-refractivity contribution in [2.75, 3.05) is 7.11 Å². The number of benzene rings is 3. The number of amides is 1. The lowest BCUT2D eigenvalue weighted by atomic mass is 9.94. The van der Waals surface area contributed by atoms with E-state index in [1.165, 1.54) is 12.1 Å². The molecular weight excluding hydrogens is 457 g/mol. The molecule has 1 N–H and O–H groups in total. The molecule has 36 heavy (non-hydrogen) atoms. The third kappa shape index (κ3) is 5.35. The van der Waals surface area contributed by atoms with Crippen molar-refractivity contribution in [2.45, 2.75) is 46.8 Å². The highest BCUT2D eigenvalue weighted by Gasteiger charge is 2.29. The predicted octanol–water partition coefficient (Wildman–Crippen LogP) is 6.15. The number of aromatic nitrogens is 2. The largest absolute Gasteiger partial charge is 0.497 e. The van der Waals surface area contributed by atoms with E-state index in [-0.39, 0.29) is 17.8 Å². The SMILES string of the molecule is COc1cccc([C@@H](Oc2cc3cnn(-c4ccc(F)cc4)c3cc2C)[C@H](C)NC(=O)C(C)(C)C)c1. The van der Waals surface area contributed by atoms with E-state index in [0.717, 1.165) is 27.7 Å². The third-order valence-electron chi connectivity index (χ3n) is 6.11. The van der Waals surface area contributed by atoms with E-state index in [2.05, 4.69) is 10.4 Å². The number of carbonyl (C=O) groups excluding carboxylic acids is 1. The number of ether oxygens (including phenoxy) is 2. The fourth-order valence-electron chi connectivity index (χ4n) is 3.99. The molecule has 0 fully saturated rings. The number of hydrogen-bond donors (Lipinski definition) is 1. The topological polar surface area (TPSA) is 65.4 Å². The molecule has 1 amide bonds. The molecule has 1 aromatic heterocycles. The number of nitrogens with one attached hydrogen (secondary N) is 1. The van der Waals surface area contributed by atoms with Gasteiger partial charge in [0.1, 0.15) is 23.4 Å². The number of hydrogen-bond acceptors (Lipinski definition) is 4. The molecule has 0 unspecified atom stereocenters. The van der Waals surface area contributed by atoms with Crippen molar-refractivity contribution in [2.24, 2.45) is 5.41 Å². The lowest BCUT2D eigenvalue weighted by Gasteiger charge is -2.30. The van der Waals surface area contributed by atoms with E-state index in [0.29, 0.717) is 11.5 Å². The first kappa shape index (κ1) is 25.2. The summed E-state index contributed by atoms with van der Waals surface area (Å²) in [6.45, 7) is 9.56. The summed E-state index contributed by atoms with van der Waals surface area (Å²) in [5.74, 6) is 1.05. The van der Waals surface area contributed by atoms with Gasteiger partial charge in [-0.25, -0.2) is 9.07 Å². The molecule has 4 rings (SSSR count). The molecule has 0 aliphatic heterocycles. The lowest BCUT2D eigenvalue weighted by Crippen LogP contribution is -2.44. The lowest BCUT2D eigenvalue weighted by molar-refractivity contribution is -0.129. The van der Waals surface area contributed by atoms with E-state index in [1.54, 1.807) is 30.1 Å². The molecule has 0 radical (unpaired) electrons. The van der Waals surface area contributed by atoms with Crippen molar-refractivity contribution in [1.82, 2.24) is 15.1 Å². The summed E-state index contributed by atoms with van der Waals surface area (Å²) < 4.78 is 27.2. The molecular formula is C29H32FN3O3. The molecule has 0 aliphatic rings. The van der Waals surface area contributed by atoms with E-state index in [9.17, 15) is 9.18 Å². The summed E-state index contributed by atoms with van der Waals surface area (Å²) in [6, 6.07) is 17.5. The van der Waals surface area contributed by atoms with Gasteiger partial charge < -0.3 is 14.8 Å². The van der Waals surface area contributed by atoms with Crippen LogP contribution in [0.25, 0.3) is 16.6 Å². The van der Waals surface area contributed by atoms with Crippen LogP contribution >= 0.6 is 0 Å². The molecule has 188 valence electrons. The van der Waals surface area contributed by atoms with Crippen LogP contribution in [0.5, 0.6) is 11.5 Å². The molecule has 0 spiro atoms. The summed E-state index contributed by atoms with van der Waals surface area (Å²) >= 11 is 0. The molecule has 4 aromatic rings.